The first-order chi connectivity index (χ1) is 16.9. The van der Waals surface area contributed by atoms with Gasteiger partial charge < -0.3 is 15.1 Å². The Kier molecular flexibility index (Phi) is 5.77. The van der Waals surface area contributed by atoms with Gasteiger partial charge in [0.05, 0.1) is 28.9 Å². The number of benzene rings is 1. The van der Waals surface area contributed by atoms with E-state index in [1.54, 1.807) is 4.90 Å². The molecule has 194 valence electrons. The highest BCUT2D eigenvalue weighted by Crippen LogP contribution is 2.42. The van der Waals surface area contributed by atoms with Crippen LogP contribution in [0, 0.1) is 5.82 Å². The molecule has 0 radical (unpaired) electrons. The van der Waals surface area contributed by atoms with Crippen LogP contribution in [0.2, 0.25) is 0 Å². The summed E-state index contributed by atoms with van der Waals surface area (Å²) in [5, 5.41) is 9.39. The predicted octanol–water partition coefficient (Wildman–Crippen LogP) is 4.16. The van der Waals surface area contributed by atoms with Crippen molar-refractivity contribution >= 4 is 17.8 Å². The summed E-state index contributed by atoms with van der Waals surface area (Å²) in [6, 6.07) is 1.94. The highest BCUT2D eigenvalue weighted by molar-refractivity contribution is 6.04. The third-order valence-electron chi connectivity index (χ3n) is 7.65. The molecule has 0 spiro atoms. The van der Waals surface area contributed by atoms with Gasteiger partial charge in [0.1, 0.15) is 5.82 Å². The Hall–Kier alpha value is -3.15. The molecule has 0 bridgehead atoms. The fourth-order valence-electron chi connectivity index (χ4n) is 5.59. The van der Waals surface area contributed by atoms with E-state index in [2.05, 4.69) is 20.4 Å². The molecule has 3 aliphatic rings. The summed E-state index contributed by atoms with van der Waals surface area (Å²) >= 11 is 0. The van der Waals surface area contributed by atoms with Crippen LogP contribution in [-0.2, 0) is 18.3 Å². The molecule has 12 heteroatoms. The van der Waals surface area contributed by atoms with E-state index in [1.807, 2.05) is 25.7 Å². The van der Waals surface area contributed by atoms with Crippen LogP contribution in [-0.4, -0.2) is 68.6 Å². The highest BCUT2D eigenvalue weighted by Gasteiger charge is 2.47. The van der Waals surface area contributed by atoms with Crippen molar-refractivity contribution in [2.75, 3.05) is 25.0 Å². The number of urea groups is 1. The van der Waals surface area contributed by atoms with Crippen LogP contribution in [0.4, 0.5) is 28.2 Å². The van der Waals surface area contributed by atoms with Crippen LogP contribution in [0.5, 0.6) is 0 Å². The van der Waals surface area contributed by atoms with E-state index >= 15 is 0 Å². The number of aromatic amines is 1. The van der Waals surface area contributed by atoms with Gasteiger partial charge in [0.15, 0.2) is 5.82 Å². The van der Waals surface area contributed by atoms with Crippen molar-refractivity contribution in [1.29, 1.82) is 0 Å². The summed E-state index contributed by atoms with van der Waals surface area (Å²) in [6.07, 6.45) is -2.53. The second-order valence-corrected chi connectivity index (χ2v) is 10.3. The topological polar surface area (TPSA) is 84.6 Å². The molecule has 2 atom stereocenters. The molecule has 5 rings (SSSR count). The average Bonchev–Trinajstić information content (AvgIpc) is 3.48. The Labute approximate surface area is 205 Å². The van der Waals surface area contributed by atoms with Crippen LogP contribution < -0.4 is 5.32 Å². The first-order valence-corrected chi connectivity index (χ1v) is 12.0. The zero-order valence-corrected chi connectivity index (χ0v) is 20.2. The summed E-state index contributed by atoms with van der Waals surface area (Å²) in [6.45, 7) is 8.44. The maximum absolute atomic E-state index is 14.2. The number of halogens is 4. The van der Waals surface area contributed by atoms with Crippen molar-refractivity contribution in [2.24, 2.45) is 0 Å². The van der Waals surface area contributed by atoms with E-state index in [4.69, 9.17) is 0 Å². The van der Waals surface area contributed by atoms with Gasteiger partial charge in [0, 0.05) is 30.7 Å². The van der Waals surface area contributed by atoms with E-state index in [1.165, 1.54) is 0 Å². The van der Waals surface area contributed by atoms with Gasteiger partial charge in [-0.1, -0.05) is 0 Å². The van der Waals surface area contributed by atoms with E-state index < -0.39 is 34.6 Å². The molecule has 0 aliphatic carbocycles. The molecule has 2 saturated heterocycles. The second-order valence-electron chi connectivity index (χ2n) is 10.3. The standard InChI is InChI=1S/C24H28F4N6O2/c1-13-10-32-8-4-5-15(32)11-33(13)22(36)34-12-17-19(23(34,2)3)30-31-20(17)29-21(35)16-9-14(24(26,27)28)6-7-18(16)25/h6-7,9,13,15H,4-5,8,10-12H2,1-3H3,(H2,29,30,31,35)/t13-,15-/m0/s1. The Morgan fingerprint density at radius 2 is 1.97 bits per heavy atom. The van der Waals surface area contributed by atoms with E-state index in [0.717, 1.165) is 25.9 Å². The summed E-state index contributed by atoms with van der Waals surface area (Å²) in [5.41, 5.74) is -1.48. The predicted molar refractivity (Wildman–Crippen MR) is 123 cm³/mol. The minimum atomic E-state index is -4.72. The van der Waals surface area contributed by atoms with Crippen LogP contribution in [0.3, 0.4) is 0 Å². The molecule has 1 aromatic heterocycles. The number of aromatic nitrogens is 2. The number of piperazine rings is 1. The molecule has 2 fully saturated rings. The fourth-order valence-corrected chi connectivity index (χ4v) is 5.59. The number of anilines is 1. The van der Waals surface area contributed by atoms with Gasteiger partial charge in [0.2, 0.25) is 0 Å². The number of hydrogen-bond acceptors (Lipinski definition) is 4. The number of nitrogens with zero attached hydrogens (tertiary/aromatic N) is 4. The van der Waals surface area contributed by atoms with Crippen LogP contribution in [0.1, 0.15) is 60.8 Å². The minimum absolute atomic E-state index is 0.0442. The molecule has 0 saturated carbocycles. The SMILES string of the molecule is C[C@H]1CN2CCC[C@H]2CN1C(=O)N1Cc2c(NC(=O)c3cc(C(F)(F)F)ccc3F)n[nH]c2C1(C)C. The minimum Gasteiger partial charge on any atom is -0.319 e. The second kappa shape index (κ2) is 8.46. The smallest absolute Gasteiger partial charge is 0.319 e. The van der Waals surface area contributed by atoms with E-state index in [0.29, 0.717) is 42.0 Å². The first-order valence-electron chi connectivity index (χ1n) is 12.0. The Bertz CT molecular complexity index is 1210. The van der Waals surface area contributed by atoms with Gasteiger partial charge in [-0.2, -0.15) is 18.3 Å². The number of nitrogens with one attached hydrogen (secondary N) is 2. The van der Waals surface area contributed by atoms with Crippen molar-refractivity contribution in [1.82, 2.24) is 24.9 Å². The molecular weight excluding hydrogens is 480 g/mol. The molecule has 2 N–H and O–H groups in total. The number of hydrogen-bond donors (Lipinski definition) is 2. The third-order valence-corrected chi connectivity index (χ3v) is 7.65. The van der Waals surface area contributed by atoms with Crippen LogP contribution in [0.25, 0.3) is 0 Å². The lowest BCUT2D eigenvalue weighted by Crippen LogP contribution is -2.60. The average molecular weight is 509 g/mol. The zero-order valence-electron chi connectivity index (χ0n) is 20.2. The number of alkyl halides is 3. The van der Waals surface area contributed by atoms with Crippen LogP contribution >= 0.6 is 0 Å². The lowest BCUT2D eigenvalue weighted by Gasteiger charge is -2.45. The van der Waals surface area contributed by atoms with E-state index in [9.17, 15) is 27.2 Å². The molecule has 36 heavy (non-hydrogen) atoms. The Morgan fingerprint density at radius 1 is 1.22 bits per heavy atom. The Morgan fingerprint density at radius 3 is 2.69 bits per heavy atom. The fraction of sp³-hybridized carbons (Fsp3) is 0.542. The molecule has 0 unspecified atom stereocenters. The van der Waals surface area contributed by atoms with Gasteiger partial charge in [-0.05, 0) is 58.4 Å². The van der Waals surface area contributed by atoms with Crippen molar-refractivity contribution in [3.8, 4) is 0 Å². The number of fused-ring (bicyclic) bond motifs is 2. The number of carbonyl (C=O) groups is 2. The molecule has 8 nitrogen and oxygen atoms in total. The lowest BCUT2D eigenvalue weighted by molar-refractivity contribution is -0.137. The van der Waals surface area contributed by atoms with Crippen molar-refractivity contribution in [3.05, 3.63) is 46.4 Å². The maximum atomic E-state index is 14.2. The van der Waals surface area contributed by atoms with Gasteiger partial charge in [0.25, 0.3) is 5.91 Å². The number of rotatable bonds is 2. The van der Waals surface area contributed by atoms with E-state index in [-0.39, 0.29) is 24.4 Å². The van der Waals surface area contributed by atoms with Gasteiger partial charge in [-0.3, -0.25) is 14.8 Å². The largest absolute Gasteiger partial charge is 0.416 e. The maximum Gasteiger partial charge on any atom is 0.416 e. The monoisotopic (exact) mass is 508 g/mol. The van der Waals surface area contributed by atoms with Gasteiger partial charge >= 0.3 is 12.2 Å². The normalized spacial score (nSPS) is 23.5. The summed E-state index contributed by atoms with van der Waals surface area (Å²) < 4.78 is 53.4. The molecule has 4 heterocycles. The Balaban J connectivity index is 1.36. The molecule has 2 aromatic rings. The molecule has 3 amide bonds. The number of H-pyrrole nitrogens is 1. The van der Waals surface area contributed by atoms with Gasteiger partial charge in [-0.15, -0.1) is 0 Å². The van der Waals surface area contributed by atoms with Crippen molar-refractivity contribution < 1.29 is 27.2 Å². The molecule has 3 aliphatic heterocycles. The number of carbonyl (C=O) groups excluding carboxylic acids is 2. The first kappa shape index (κ1) is 24.5. The third kappa shape index (κ3) is 4.00. The van der Waals surface area contributed by atoms with Crippen LogP contribution in [0.15, 0.2) is 18.2 Å². The number of amides is 3. The van der Waals surface area contributed by atoms with Crippen molar-refractivity contribution in [2.45, 2.75) is 64.0 Å². The van der Waals surface area contributed by atoms with Gasteiger partial charge in [-0.25, -0.2) is 9.18 Å². The quantitative estimate of drug-likeness (QED) is 0.597. The lowest BCUT2D eigenvalue weighted by atomic mass is 10.0. The summed E-state index contributed by atoms with van der Waals surface area (Å²) in [4.78, 5) is 32.4. The highest BCUT2D eigenvalue weighted by atomic mass is 19.4. The van der Waals surface area contributed by atoms with Crippen molar-refractivity contribution in [3.63, 3.8) is 0 Å². The molecular formula is C24H28F4N6O2. The summed E-state index contributed by atoms with van der Waals surface area (Å²) in [5.74, 6) is -2.07. The molecule has 1 aromatic carbocycles. The zero-order chi connectivity index (χ0) is 26.0. The summed E-state index contributed by atoms with van der Waals surface area (Å²) in [7, 11) is 0.